The van der Waals surface area contributed by atoms with Crippen LogP contribution < -0.4 is 5.32 Å². The fourth-order valence-corrected chi connectivity index (χ4v) is 3.80. The fourth-order valence-electron chi connectivity index (χ4n) is 2.92. The molecule has 3 rings (SSSR count). The van der Waals surface area contributed by atoms with Crippen molar-refractivity contribution in [3.8, 4) is 0 Å². The number of hydrogen-bond donors (Lipinski definition) is 1. The van der Waals surface area contributed by atoms with E-state index in [1.54, 1.807) is 0 Å². The van der Waals surface area contributed by atoms with Gasteiger partial charge in [0, 0.05) is 16.4 Å². The zero-order valence-electron chi connectivity index (χ0n) is 15.9. The van der Waals surface area contributed by atoms with Crippen LogP contribution in [-0.4, -0.2) is 21.6 Å². The van der Waals surface area contributed by atoms with E-state index >= 15 is 0 Å². The van der Waals surface area contributed by atoms with Crippen LogP contribution in [0, 0.1) is 13.8 Å². The lowest BCUT2D eigenvalue weighted by Gasteiger charge is -2.19. The van der Waals surface area contributed by atoms with Crippen molar-refractivity contribution in [1.82, 2.24) is 15.3 Å². The number of benzene rings is 2. The van der Waals surface area contributed by atoms with E-state index in [1.165, 1.54) is 11.8 Å². The molecule has 0 saturated carbocycles. The Labute approximate surface area is 174 Å². The summed E-state index contributed by atoms with van der Waals surface area (Å²) < 4.78 is 0. The second-order valence-electron chi connectivity index (χ2n) is 6.58. The van der Waals surface area contributed by atoms with Crippen LogP contribution in [0.4, 0.5) is 0 Å². The number of nitrogens with zero attached hydrogens (tertiary/aromatic N) is 2. The van der Waals surface area contributed by atoms with E-state index in [4.69, 9.17) is 11.6 Å². The zero-order chi connectivity index (χ0) is 19.9. The Morgan fingerprint density at radius 1 is 1.04 bits per heavy atom. The molecule has 3 aromatic rings. The first-order valence-corrected chi connectivity index (χ1v) is 10.4. The van der Waals surface area contributed by atoms with E-state index in [1.807, 2.05) is 74.5 Å². The molecule has 1 amide bonds. The molecule has 1 aromatic heterocycles. The minimum absolute atomic E-state index is 0.0458. The lowest BCUT2D eigenvalue weighted by Crippen LogP contribution is -2.31. The molecular formula is C22H22ClN3OS. The highest BCUT2D eigenvalue weighted by molar-refractivity contribution is 7.99. The standard InChI is InChI=1S/C22H22ClN3OS/c1-15-12-16(2)25-22(24-15)28-14-21(27)26-20(18-6-4-3-5-7-18)13-17-8-10-19(23)11-9-17/h3-12,20H,13-14H2,1-2H3,(H,26,27). The number of halogens is 1. The van der Waals surface area contributed by atoms with Gasteiger partial charge in [0.15, 0.2) is 5.16 Å². The van der Waals surface area contributed by atoms with E-state index in [9.17, 15) is 4.79 Å². The maximum absolute atomic E-state index is 12.6. The number of rotatable bonds is 7. The molecule has 0 aliphatic rings. The second kappa shape index (κ2) is 9.71. The Bertz CT molecular complexity index is 912. The lowest BCUT2D eigenvalue weighted by molar-refractivity contribution is -0.119. The maximum atomic E-state index is 12.6. The molecule has 1 atom stereocenters. The molecule has 0 aliphatic carbocycles. The summed E-state index contributed by atoms with van der Waals surface area (Å²) in [6, 6.07) is 19.5. The quantitative estimate of drug-likeness (QED) is 0.442. The predicted molar refractivity (Wildman–Crippen MR) is 115 cm³/mol. The zero-order valence-corrected chi connectivity index (χ0v) is 17.4. The minimum Gasteiger partial charge on any atom is -0.348 e. The van der Waals surface area contributed by atoms with Crippen molar-refractivity contribution in [2.24, 2.45) is 0 Å². The number of aromatic nitrogens is 2. The van der Waals surface area contributed by atoms with Gasteiger partial charge < -0.3 is 5.32 Å². The van der Waals surface area contributed by atoms with Gasteiger partial charge in [-0.05, 0) is 49.6 Å². The van der Waals surface area contributed by atoms with Gasteiger partial charge in [-0.25, -0.2) is 9.97 Å². The van der Waals surface area contributed by atoms with Gasteiger partial charge in [-0.15, -0.1) is 0 Å². The summed E-state index contributed by atoms with van der Waals surface area (Å²) in [6.07, 6.45) is 0.692. The van der Waals surface area contributed by atoms with Crippen molar-refractivity contribution in [1.29, 1.82) is 0 Å². The van der Waals surface area contributed by atoms with Gasteiger partial charge >= 0.3 is 0 Å². The summed E-state index contributed by atoms with van der Waals surface area (Å²) in [5.74, 6) is 0.225. The van der Waals surface area contributed by atoms with Crippen LogP contribution in [0.5, 0.6) is 0 Å². The molecule has 2 aromatic carbocycles. The molecule has 1 unspecified atom stereocenters. The number of carbonyl (C=O) groups excluding carboxylic acids is 1. The number of carbonyl (C=O) groups is 1. The Morgan fingerprint density at radius 2 is 1.68 bits per heavy atom. The first-order valence-electron chi connectivity index (χ1n) is 9.03. The summed E-state index contributed by atoms with van der Waals surface area (Å²) >= 11 is 7.34. The predicted octanol–water partition coefficient (Wildman–Crippen LogP) is 4.94. The number of amides is 1. The van der Waals surface area contributed by atoms with Gasteiger partial charge in [-0.3, -0.25) is 4.79 Å². The van der Waals surface area contributed by atoms with E-state index < -0.39 is 0 Å². The van der Waals surface area contributed by atoms with Gasteiger partial charge in [0.1, 0.15) is 0 Å². The van der Waals surface area contributed by atoms with Gasteiger partial charge in [-0.2, -0.15) is 0 Å². The molecule has 4 nitrogen and oxygen atoms in total. The maximum Gasteiger partial charge on any atom is 0.230 e. The number of aryl methyl sites for hydroxylation is 2. The molecule has 0 radical (unpaired) electrons. The molecule has 0 aliphatic heterocycles. The van der Waals surface area contributed by atoms with Crippen LogP contribution in [0.2, 0.25) is 5.02 Å². The Morgan fingerprint density at radius 3 is 2.32 bits per heavy atom. The van der Waals surface area contributed by atoms with Crippen LogP contribution in [0.3, 0.4) is 0 Å². The monoisotopic (exact) mass is 411 g/mol. The first-order chi connectivity index (χ1) is 13.5. The molecule has 0 spiro atoms. The van der Waals surface area contributed by atoms with Crippen molar-refractivity contribution in [3.63, 3.8) is 0 Å². The average molecular weight is 412 g/mol. The van der Waals surface area contributed by atoms with Crippen molar-refractivity contribution in [3.05, 3.63) is 88.2 Å². The summed E-state index contributed by atoms with van der Waals surface area (Å²) in [7, 11) is 0. The van der Waals surface area contributed by atoms with Crippen LogP contribution >= 0.6 is 23.4 Å². The van der Waals surface area contributed by atoms with Crippen molar-refractivity contribution in [2.45, 2.75) is 31.5 Å². The van der Waals surface area contributed by atoms with Crippen molar-refractivity contribution in [2.75, 3.05) is 5.75 Å². The van der Waals surface area contributed by atoms with E-state index in [0.717, 1.165) is 22.5 Å². The third-order valence-electron chi connectivity index (χ3n) is 4.18. The number of hydrogen-bond acceptors (Lipinski definition) is 4. The molecule has 6 heteroatoms. The normalized spacial score (nSPS) is 11.8. The second-order valence-corrected chi connectivity index (χ2v) is 7.96. The van der Waals surface area contributed by atoms with E-state index in [2.05, 4.69) is 15.3 Å². The summed E-state index contributed by atoms with van der Waals surface area (Å²) in [6.45, 7) is 3.85. The Balaban J connectivity index is 1.68. The molecular weight excluding hydrogens is 390 g/mol. The summed E-state index contributed by atoms with van der Waals surface area (Å²) in [5.41, 5.74) is 3.99. The fraction of sp³-hybridized carbons (Fsp3) is 0.227. The minimum atomic E-state index is -0.115. The number of thioether (sulfide) groups is 1. The third kappa shape index (κ3) is 6.08. The van der Waals surface area contributed by atoms with Crippen LogP contribution in [0.25, 0.3) is 0 Å². The highest BCUT2D eigenvalue weighted by atomic mass is 35.5. The smallest absolute Gasteiger partial charge is 0.230 e. The van der Waals surface area contributed by atoms with Crippen LogP contribution in [0.1, 0.15) is 28.6 Å². The summed E-state index contributed by atoms with van der Waals surface area (Å²) in [4.78, 5) is 21.4. The highest BCUT2D eigenvalue weighted by Gasteiger charge is 2.16. The first kappa shape index (κ1) is 20.4. The Hall–Kier alpha value is -2.37. The van der Waals surface area contributed by atoms with Crippen molar-refractivity contribution >= 4 is 29.3 Å². The van der Waals surface area contributed by atoms with Crippen LogP contribution in [-0.2, 0) is 11.2 Å². The van der Waals surface area contributed by atoms with E-state index in [0.29, 0.717) is 16.6 Å². The molecule has 0 saturated heterocycles. The number of nitrogens with one attached hydrogen (secondary N) is 1. The highest BCUT2D eigenvalue weighted by Crippen LogP contribution is 2.21. The van der Waals surface area contributed by atoms with Gasteiger partial charge in [-0.1, -0.05) is 65.8 Å². The van der Waals surface area contributed by atoms with Crippen molar-refractivity contribution < 1.29 is 4.79 Å². The SMILES string of the molecule is Cc1cc(C)nc(SCC(=O)NC(Cc2ccc(Cl)cc2)c2ccccc2)n1. The molecule has 1 N–H and O–H groups in total. The van der Waals surface area contributed by atoms with E-state index in [-0.39, 0.29) is 17.7 Å². The molecule has 0 fully saturated rings. The molecule has 0 bridgehead atoms. The Kier molecular flexibility index (Phi) is 7.06. The van der Waals surface area contributed by atoms with Gasteiger partial charge in [0.2, 0.25) is 5.91 Å². The van der Waals surface area contributed by atoms with Gasteiger partial charge in [0.25, 0.3) is 0 Å². The molecule has 144 valence electrons. The molecule has 1 heterocycles. The largest absolute Gasteiger partial charge is 0.348 e. The topological polar surface area (TPSA) is 54.9 Å². The average Bonchev–Trinajstić information content (AvgIpc) is 2.67. The van der Waals surface area contributed by atoms with Gasteiger partial charge in [0.05, 0.1) is 11.8 Å². The van der Waals surface area contributed by atoms with Crippen LogP contribution in [0.15, 0.2) is 65.8 Å². The third-order valence-corrected chi connectivity index (χ3v) is 5.28. The molecule has 28 heavy (non-hydrogen) atoms. The lowest BCUT2D eigenvalue weighted by atomic mass is 9.99. The summed E-state index contributed by atoms with van der Waals surface area (Å²) in [5, 5.41) is 4.48.